The lowest BCUT2D eigenvalue weighted by atomic mass is 9.88. The molecule has 0 saturated heterocycles. The van der Waals surface area contributed by atoms with E-state index in [1.165, 1.54) is 0 Å². The highest BCUT2D eigenvalue weighted by molar-refractivity contribution is 6.11. The fourth-order valence-corrected chi connectivity index (χ4v) is 3.91. The fraction of sp³-hybridized carbons (Fsp3) is 0.250. The lowest BCUT2D eigenvalue weighted by Gasteiger charge is -2.22. The van der Waals surface area contributed by atoms with Crippen molar-refractivity contribution in [2.75, 3.05) is 11.4 Å². The summed E-state index contributed by atoms with van der Waals surface area (Å²) in [5, 5.41) is 13.3. The Bertz CT molecular complexity index is 1060. The largest absolute Gasteiger partial charge is 0.375 e. The standard InChI is InChI=1S/C24H23NO3/c1-2-3-14-25-21-11-7-6-10-20(21)24(28,23(25)27)16-22(26)19-13-12-17-8-4-5-9-18(17)15-19/h4-13,15,28H,2-3,14,16H2,1H3/t24-/m0/s1. The molecule has 1 N–H and O–H groups in total. The summed E-state index contributed by atoms with van der Waals surface area (Å²) in [6.07, 6.45) is 1.53. The Labute approximate surface area is 164 Å². The van der Waals surface area contributed by atoms with Gasteiger partial charge in [0, 0.05) is 17.7 Å². The number of hydrogen-bond donors (Lipinski definition) is 1. The Kier molecular flexibility index (Phi) is 4.73. The molecule has 28 heavy (non-hydrogen) atoms. The molecule has 0 aliphatic carbocycles. The third-order valence-electron chi connectivity index (χ3n) is 5.46. The van der Waals surface area contributed by atoms with Gasteiger partial charge < -0.3 is 10.0 Å². The molecule has 0 bridgehead atoms. The SMILES string of the molecule is CCCCN1C(=O)[C@](O)(CC(=O)c2ccc3ccccc3c2)c2ccccc21. The first-order valence-electron chi connectivity index (χ1n) is 9.70. The molecule has 3 aromatic rings. The van der Waals surface area contributed by atoms with Crippen LogP contribution in [0.1, 0.15) is 42.1 Å². The zero-order valence-corrected chi connectivity index (χ0v) is 15.9. The van der Waals surface area contributed by atoms with E-state index < -0.39 is 11.5 Å². The van der Waals surface area contributed by atoms with Gasteiger partial charge in [-0.25, -0.2) is 0 Å². The van der Waals surface area contributed by atoms with Crippen molar-refractivity contribution in [2.45, 2.75) is 31.8 Å². The zero-order chi connectivity index (χ0) is 19.7. The van der Waals surface area contributed by atoms with Crippen LogP contribution in [0.5, 0.6) is 0 Å². The number of carbonyl (C=O) groups excluding carboxylic acids is 2. The number of aliphatic hydroxyl groups is 1. The average molecular weight is 373 g/mol. The number of amides is 1. The monoisotopic (exact) mass is 373 g/mol. The number of hydrogen-bond acceptors (Lipinski definition) is 3. The van der Waals surface area contributed by atoms with Crippen molar-refractivity contribution in [3.05, 3.63) is 77.9 Å². The Balaban J connectivity index is 1.67. The minimum atomic E-state index is -1.81. The maximum absolute atomic E-state index is 13.1. The van der Waals surface area contributed by atoms with E-state index in [2.05, 4.69) is 6.92 Å². The molecule has 1 heterocycles. The summed E-state index contributed by atoms with van der Waals surface area (Å²) in [6, 6.07) is 20.5. The topological polar surface area (TPSA) is 57.6 Å². The van der Waals surface area contributed by atoms with Crippen LogP contribution >= 0.6 is 0 Å². The minimum absolute atomic E-state index is 0.242. The van der Waals surface area contributed by atoms with Crippen LogP contribution in [0.3, 0.4) is 0 Å². The predicted octanol–water partition coefficient (Wildman–Crippen LogP) is 4.45. The average Bonchev–Trinajstić information content (AvgIpc) is 2.93. The quantitative estimate of drug-likeness (QED) is 0.650. The predicted molar refractivity (Wildman–Crippen MR) is 110 cm³/mol. The second-order valence-corrected chi connectivity index (χ2v) is 7.35. The summed E-state index contributed by atoms with van der Waals surface area (Å²) in [4.78, 5) is 27.7. The first-order chi connectivity index (χ1) is 13.5. The lowest BCUT2D eigenvalue weighted by Crippen LogP contribution is -2.42. The molecule has 1 aliphatic heterocycles. The van der Waals surface area contributed by atoms with Crippen molar-refractivity contribution in [3.8, 4) is 0 Å². The lowest BCUT2D eigenvalue weighted by molar-refractivity contribution is -0.135. The molecular formula is C24H23NO3. The van der Waals surface area contributed by atoms with Gasteiger partial charge in [0.15, 0.2) is 11.4 Å². The summed E-state index contributed by atoms with van der Waals surface area (Å²) < 4.78 is 0. The van der Waals surface area contributed by atoms with Gasteiger partial charge in [-0.2, -0.15) is 0 Å². The van der Waals surface area contributed by atoms with Crippen LogP contribution in [0.15, 0.2) is 66.7 Å². The van der Waals surface area contributed by atoms with E-state index in [0.29, 0.717) is 23.4 Å². The molecule has 0 fully saturated rings. The maximum Gasteiger partial charge on any atom is 0.264 e. The van der Waals surface area contributed by atoms with Crippen molar-refractivity contribution >= 4 is 28.2 Å². The van der Waals surface area contributed by atoms with Crippen LogP contribution in [-0.2, 0) is 10.4 Å². The van der Waals surface area contributed by atoms with Gasteiger partial charge in [-0.15, -0.1) is 0 Å². The summed E-state index contributed by atoms with van der Waals surface area (Å²) in [5.74, 6) is -0.648. The Morgan fingerprint density at radius 2 is 1.71 bits per heavy atom. The Morgan fingerprint density at radius 3 is 2.50 bits per heavy atom. The van der Waals surface area contributed by atoms with Gasteiger partial charge in [0.1, 0.15) is 0 Å². The van der Waals surface area contributed by atoms with E-state index >= 15 is 0 Å². The number of Topliss-reactive ketones (excluding diaryl/α,β-unsaturated/α-hetero) is 1. The van der Waals surface area contributed by atoms with E-state index in [9.17, 15) is 14.7 Å². The molecule has 3 aromatic carbocycles. The highest BCUT2D eigenvalue weighted by Crippen LogP contribution is 2.43. The summed E-state index contributed by atoms with van der Waals surface area (Å²) in [6.45, 7) is 2.60. The minimum Gasteiger partial charge on any atom is -0.375 e. The van der Waals surface area contributed by atoms with Crippen molar-refractivity contribution in [1.82, 2.24) is 0 Å². The molecular weight excluding hydrogens is 350 g/mol. The molecule has 0 radical (unpaired) electrons. The van der Waals surface area contributed by atoms with Crippen LogP contribution in [0.4, 0.5) is 5.69 Å². The van der Waals surface area contributed by atoms with E-state index in [1.807, 2.05) is 48.5 Å². The van der Waals surface area contributed by atoms with Crippen LogP contribution in [-0.4, -0.2) is 23.3 Å². The van der Waals surface area contributed by atoms with Gasteiger partial charge in [0.25, 0.3) is 5.91 Å². The van der Waals surface area contributed by atoms with Gasteiger partial charge in [-0.3, -0.25) is 9.59 Å². The molecule has 4 rings (SSSR count). The van der Waals surface area contributed by atoms with E-state index in [-0.39, 0.29) is 12.2 Å². The zero-order valence-electron chi connectivity index (χ0n) is 15.9. The number of anilines is 1. The van der Waals surface area contributed by atoms with Gasteiger partial charge >= 0.3 is 0 Å². The summed E-state index contributed by atoms with van der Waals surface area (Å²) in [5.41, 5.74) is -0.0861. The summed E-state index contributed by atoms with van der Waals surface area (Å²) >= 11 is 0. The van der Waals surface area contributed by atoms with Crippen LogP contribution in [0.2, 0.25) is 0 Å². The number of benzene rings is 3. The van der Waals surface area contributed by atoms with Crippen LogP contribution in [0.25, 0.3) is 10.8 Å². The number of carbonyl (C=O) groups is 2. The van der Waals surface area contributed by atoms with Gasteiger partial charge in [-0.1, -0.05) is 67.9 Å². The van der Waals surface area contributed by atoms with E-state index in [0.717, 1.165) is 23.6 Å². The highest BCUT2D eigenvalue weighted by Gasteiger charge is 2.50. The first kappa shape index (κ1) is 18.4. The molecule has 4 nitrogen and oxygen atoms in total. The molecule has 4 heteroatoms. The van der Waals surface area contributed by atoms with Gasteiger partial charge in [0.2, 0.25) is 0 Å². The second-order valence-electron chi connectivity index (χ2n) is 7.35. The Morgan fingerprint density at radius 1 is 1.00 bits per heavy atom. The van der Waals surface area contributed by atoms with Gasteiger partial charge in [-0.05, 0) is 29.3 Å². The molecule has 1 atom stereocenters. The van der Waals surface area contributed by atoms with E-state index in [1.54, 1.807) is 23.1 Å². The second kappa shape index (κ2) is 7.21. The molecule has 0 unspecified atom stereocenters. The third kappa shape index (κ3) is 3.00. The molecule has 0 spiro atoms. The van der Waals surface area contributed by atoms with Crippen LogP contribution < -0.4 is 4.90 Å². The maximum atomic E-state index is 13.1. The smallest absolute Gasteiger partial charge is 0.264 e. The molecule has 142 valence electrons. The summed E-state index contributed by atoms with van der Waals surface area (Å²) in [7, 11) is 0. The third-order valence-corrected chi connectivity index (χ3v) is 5.46. The molecule has 0 saturated carbocycles. The van der Waals surface area contributed by atoms with Crippen molar-refractivity contribution in [1.29, 1.82) is 0 Å². The van der Waals surface area contributed by atoms with Crippen molar-refractivity contribution in [2.24, 2.45) is 0 Å². The number of fused-ring (bicyclic) bond motifs is 2. The number of rotatable bonds is 6. The normalized spacial score (nSPS) is 18.5. The number of ketones is 1. The molecule has 1 amide bonds. The van der Waals surface area contributed by atoms with Crippen LogP contribution in [0, 0.1) is 0 Å². The number of para-hydroxylation sites is 1. The first-order valence-corrected chi connectivity index (χ1v) is 9.70. The van der Waals surface area contributed by atoms with Crippen molar-refractivity contribution < 1.29 is 14.7 Å². The fourth-order valence-electron chi connectivity index (χ4n) is 3.91. The number of nitrogens with zero attached hydrogens (tertiary/aromatic N) is 1. The van der Waals surface area contributed by atoms with E-state index in [4.69, 9.17) is 0 Å². The van der Waals surface area contributed by atoms with Gasteiger partial charge in [0.05, 0.1) is 12.1 Å². The van der Waals surface area contributed by atoms with Crippen molar-refractivity contribution in [3.63, 3.8) is 0 Å². The molecule has 1 aliphatic rings. The Hall–Kier alpha value is -2.98. The highest BCUT2D eigenvalue weighted by atomic mass is 16.3. The number of unbranched alkanes of at least 4 members (excludes halogenated alkanes) is 1. The molecule has 0 aromatic heterocycles.